The van der Waals surface area contributed by atoms with E-state index < -0.39 is 0 Å². The molecule has 5 rings (SSSR count). The molecule has 5 nitrogen and oxygen atoms in total. The summed E-state index contributed by atoms with van der Waals surface area (Å²) in [6, 6.07) is 19.3. The SMILES string of the molecule is Cc1c(C(=O)Nc2ccc(-c3nc4ccccc4s3)cn2)oc2ccccc12. The summed E-state index contributed by atoms with van der Waals surface area (Å²) in [4.78, 5) is 21.6. The van der Waals surface area contributed by atoms with Gasteiger partial charge >= 0.3 is 0 Å². The second kappa shape index (κ2) is 6.58. The number of rotatable bonds is 3. The van der Waals surface area contributed by atoms with E-state index in [1.807, 2.05) is 61.5 Å². The van der Waals surface area contributed by atoms with Gasteiger partial charge in [0.15, 0.2) is 5.76 Å². The molecular weight excluding hydrogens is 370 g/mol. The molecule has 28 heavy (non-hydrogen) atoms. The Hall–Kier alpha value is -3.51. The third-order valence-electron chi connectivity index (χ3n) is 4.60. The first-order valence-electron chi connectivity index (χ1n) is 8.80. The number of amides is 1. The predicted octanol–water partition coefficient (Wildman–Crippen LogP) is 5.67. The molecule has 136 valence electrons. The van der Waals surface area contributed by atoms with Gasteiger partial charge in [0, 0.05) is 22.7 Å². The highest BCUT2D eigenvalue weighted by Gasteiger charge is 2.18. The van der Waals surface area contributed by atoms with E-state index in [-0.39, 0.29) is 5.91 Å². The zero-order chi connectivity index (χ0) is 19.1. The summed E-state index contributed by atoms with van der Waals surface area (Å²) in [5, 5.41) is 4.64. The van der Waals surface area contributed by atoms with Crippen molar-refractivity contribution >= 4 is 44.2 Å². The quantitative estimate of drug-likeness (QED) is 0.435. The molecule has 0 atom stereocenters. The molecule has 6 heteroatoms. The van der Waals surface area contributed by atoms with Gasteiger partial charge in [0.25, 0.3) is 5.91 Å². The smallest absolute Gasteiger partial charge is 0.292 e. The van der Waals surface area contributed by atoms with Crippen LogP contribution in [0.5, 0.6) is 0 Å². The number of thiazole rings is 1. The zero-order valence-electron chi connectivity index (χ0n) is 15.0. The van der Waals surface area contributed by atoms with Crippen LogP contribution in [-0.2, 0) is 0 Å². The van der Waals surface area contributed by atoms with Crippen molar-refractivity contribution in [3.63, 3.8) is 0 Å². The van der Waals surface area contributed by atoms with Crippen LogP contribution in [0.1, 0.15) is 16.1 Å². The van der Waals surface area contributed by atoms with Gasteiger partial charge in [-0.25, -0.2) is 9.97 Å². The molecule has 5 aromatic rings. The van der Waals surface area contributed by atoms with Crippen molar-refractivity contribution in [2.75, 3.05) is 5.32 Å². The Balaban J connectivity index is 1.39. The number of carbonyl (C=O) groups excluding carboxylic acids is 1. The topological polar surface area (TPSA) is 68.0 Å². The highest BCUT2D eigenvalue weighted by molar-refractivity contribution is 7.21. The minimum Gasteiger partial charge on any atom is -0.451 e. The highest BCUT2D eigenvalue weighted by Crippen LogP contribution is 2.30. The summed E-state index contributed by atoms with van der Waals surface area (Å²) in [7, 11) is 0. The van der Waals surface area contributed by atoms with E-state index in [4.69, 9.17) is 4.42 Å². The lowest BCUT2D eigenvalue weighted by Gasteiger charge is -2.03. The molecule has 1 N–H and O–H groups in total. The van der Waals surface area contributed by atoms with E-state index in [2.05, 4.69) is 15.3 Å². The van der Waals surface area contributed by atoms with Crippen LogP contribution in [-0.4, -0.2) is 15.9 Å². The fourth-order valence-electron chi connectivity index (χ4n) is 3.15. The second-order valence-corrected chi connectivity index (χ2v) is 7.46. The summed E-state index contributed by atoms with van der Waals surface area (Å²) >= 11 is 1.62. The Kier molecular flexibility index (Phi) is 3.91. The number of hydrogen-bond donors (Lipinski definition) is 1. The van der Waals surface area contributed by atoms with Crippen LogP contribution in [0.15, 0.2) is 71.3 Å². The number of furan rings is 1. The van der Waals surface area contributed by atoms with E-state index in [1.165, 1.54) is 0 Å². The monoisotopic (exact) mass is 385 g/mol. The highest BCUT2D eigenvalue weighted by atomic mass is 32.1. The summed E-state index contributed by atoms with van der Waals surface area (Å²) in [5.41, 5.74) is 3.41. The molecule has 0 saturated heterocycles. The molecule has 0 saturated carbocycles. The van der Waals surface area contributed by atoms with Crippen molar-refractivity contribution < 1.29 is 9.21 Å². The Morgan fingerprint density at radius 1 is 1.04 bits per heavy atom. The predicted molar refractivity (Wildman–Crippen MR) is 112 cm³/mol. The van der Waals surface area contributed by atoms with Crippen LogP contribution >= 0.6 is 11.3 Å². The standard InChI is InChI=1S/C22H15N3O2S/c1-13-15-6-2-4-8-17(15)27-20(13)21(26)25-19-11-10-14(12-23-19)22-24-16-7-3-5-9-18(16)28-22/h2-12H,1H3,(H,23,25,26). The van der Waals surface area contributed by atoms with Gasteiger partial charge in [-0.05, 0) is 37.3 Å². The maximum Gasteiger partial charge on any atom is 0.292 e. The van der Waals surface area contributed by atoms with Gasteiger partial charge in [-0.3, -0.25) is 4.79 Å². The number of aromatic nitrogens is 2. The van der Waals surface area contributed by atoms with Crippen LogP contribution in [0.25, 0.3) is 31.8 Å². The largest absolute Gasteiger partial charge is 0.451 e. The normalized spacial score (nSPS) is 11.2. The molecule has 1 amide bonds. The minimum absolute atomic E-state index is 0.304. The van der Waals surface area contributed by atoms with Gasteiger partial charge in [0.05, 0.1) is 10.2 Å². The first-order chi connectivity index (χ1) is 13.7. The van der Waals surface area contributed by atoms with Gasteiger partial charge in [-0.2, -0.15) is 0 Å². The van der Waals surface area contributed by atoms with Crippen LogP contribution in [0.2, 0.25) is 0 Å². The van der Waals surface area contributed by atoms with Crippen molar-refractivity contribution in [3.05, 3.63) is 78.2 Å². The molecular formula is C22H15N3O2S. The molecule has 0 spiro atoms. The average Bonchev–Trinajstić information content (AvgIpc) is 3.30. The second-order valence-electron chi connectivity index (χ2n) is 6.43. The number of para-hydroxylation sites is 2. The molecule has 3 aromatic heterocycles. The van der Waals surface area contributed by atoms with E-state index in [1.54, 1.807) is 23.6 Å². The molecule has 0 aliphatic carbocycles. The van der Waals surface area contributed by atoms with Crippen LogP contribution in [0, 0.1) is 6.92 Å². The van der Waals surface area contributed by atoms with Gasteiger partial charge < -0.3 is 9.73 Å². The van der Waals surface area contributed by atoms with Gasteiger partial charge in [0.1, 0.15) is 16.4 Å². The Morgan fingerprint density at radius 2 is 1.86 bits per heavy atom. The van der Waals surface area contributed by atoms with E-state index in [0.717, 1.165) is 31.7 Å². The number of nitrogens with zero attached hydrogens (tertiary/aromatic N) is 2. The number of nitrogens with one attached hydrogen (secondary N) is 1. The molecule has 0 aliphatic heterocycles. The number of pyridine rings is 1. The van der Waals surface area contributed by atoms with Crippen molar-refractivity contribution in [1.82, 2.24) is 9.97 Å². The fraction of sp³-hybridized carbons (Fsp3) is 0.0455. The third kappa shape index (κ3) is 2.84. The number of fused-ring (bicyclic) bond motifs is 2. The molecule has 0 aliphatic rings. The third-order valence-corrected chi connectivity index (χ3v) is 5.68. The average molecular weight is 385 g/mol. The van der Waals surface area contributed by atoms with Gasteiger partial charge in [0.2, 0.25) is 0 Å². The molecule has 0 fully saturated rings. The van der Waals surface area contributed by atoms with E-state index in [0.29, 0.717) is 17.2 Å². The molecule has 2 aromatic carbocycles. The van der Waals surface area contributed by atoms with Crippen LogP contribution in [0.3, 0.4) is 0 Å². The Labute approximate surface area is 164 Å². The number of hydrogen-bond acceptors (Lipinski definition) is 5. The maximum absolute atomic E-state index is 12.6. The first-order valence-corrected chi connectivity index (χ1v) is 9.62. The lowest BCUT2D eigenvalue weighted by atomic mass is 10.1. The fourth-order valence-corrected chi connectivity index (χ4v) is 4.11. The lowest BCUT2D eigenvalue weighted by Crippen LogP contribution is -2.13. The summed E-state index contributed by atoms with van der Waals surface area (Å²) in [6.07, 6.45) is 1.72. The number of anilines is 1. The van der Waals surface area contributed by atoms with Crippen molar-refractivity contribution in [2.24, 2.45) is 0 Å². The molecule has 3 heterocycles. The number of carbonyl (C=O) groups is 1. The lowest BCUT2D eigenvalue weighted by molar-refractivity contribution is 0.0997. The van der Waals surface area contributed by atoms with Gasteiger partial charge in [-0.15, -0.1) is 11.3 Å². The van der Waals surface area contributed by atoms with E-state index in [9.17, 15) is 4.79 Å². The van der Waals surface area contributed by atoms with Crippen molar-refractivity contribution in [3.8, 4) is 10.6 Å². The molecule has 0 radical (unpaired) electrons. The summed E-state index contributed by atoms with van der Waals surface area (Å²) in [6.45, 7) is 1.88. The molecule has 0 unspecified atom stereocenters. The molecule has 0 bridgehead atoms. The van der Waals surface area contributed by atoms with E-state index >= 15 is 0 Å². The van der Waals surface area contributed by atoms with Crippen molar-refractivity contribution in [2.45, 2.75) is 6.92 Å². The summed E-state index contributed by atoms with van der Waals surface area (Å²) < 4.78 is 6.85. The first kappa shape index (κ1) is 16.6. The van der Waals surface area contributed by atoms with Gasteiger partial charge in [-0.1, -0.05) is 30.3 Å². The van der Waals surface area contributed by atoms with Crippen molar-refractivity contribution in [1.29, 1.82) is 0 Å². The Bertz CT molecular complexity index is 1290. The summed E-state index contributed by atoms with van der Waals surface area (Å²) in [5.74, 6) is 0.460. The number of aryl methyl sites for hydroxylation is 1. The van der Waals surface area contributed by atoms with Crippen LogP contribution in [0.4, 0.5) is 5.82 Å². The Morgan fingerprint density at radius 3 is 2.64 bits per heavy atom. The zero-order valence-corrected chi connectivity index (χ0v) is 15.8. The number of benzene rings is 2. The minimum atomic E-state index is -0.311. The maximum atomic E-state index is 12.6. The van der Waals surface area contributed by atoms with Crippen LogP contribution < -0.4 is 5.32 Å².